The van der Waals surface area contributed by atoms with Gasteiger partial charge >= 0.3 is 0 Å². The van der Waals surface area contributed by atoms with Gasteiger partial charge in [-0.15, -0.1) is 0 Å². The molecule has 1 fully saturated rings. The molecule has 1 saturated heterocycles. The van der Waals surface area contributed by atoms with Gasteiger partial charge in [0.25, 0.3) is 0 Å². The van der Waals surface area contributed by atoms with E-state index in [4.69, 9.17) is 4.74 Å². The molecule has 0 aliphatic carbocycles. The molecule has 0 unspecified atom stereocenters. The predicted molar refractivity (Wildman–Crippen MR) is 62.2 cm³/mol. The van der Waals surface area contributed by atoms with Crippen molar-refractivity contribution in [2.45, 2.75) is 18.9 Å². The highest BCUT2D eigenvalue weighted by Crippen LogP contribution is 2.27. The Kier molecular flexibility index (Phi) is 3.04. The Balaban J connectivity index is 2.14. The van der Waals surface area contributed by atoms with Crippen molar-refractivity contribution in [1.29, 1.82) is 0 Å². The van der Waals surface area contributed by atoms with Gasteiger partial charge in [0.2, 0.25) is 0 Å². The zero-order chi connectivity index (χ0) is 9.97. The lowest BCUT2D eigenvalue weighted by atomic mass is 10.0. The smallest absolute Gasteiger partial charge is 0.0825 e. The van der Waals surface area contributed by atoms with Crippen LogP contribution in [0.1, 0.15) is 18.4 Å². The van der Waals surface area contributed by atoms with Crippen LogP contribution in [0.3, 0.4) is 0 Å². The van der Waals surface area contributed by atoms with E-state index in [9.17, 15) is 0 Å². The van der Waals surface area contributed by atoms with Crippen LogP contribution in [0.25, 0.3) is 5.57 Å². The molecule has 0 radical (unpaired) electrons. The Hall–Kier alpha value is -0.600. The summed E-state index contributed by atoms with van der Waals surface area (Å²) in [6.07, 6.45) is 2.49. The third-order valence-electron chi connectivity index (χ3n) is 2.53. The standard InChI is InChI=1S/C12H13BrO/c1-9(12-3-2-8-14-12)10-4-6-11(13)7-5-10/h4-7,12H,1-3,8H2/t12-/m1/s1. The van der Waals surface area contributed by atoms with Gasteiger partial charge in [0.05, 0.1) is 6.10 Å². The third kappa shape index (κ3) is 2.07. The highest BCUT2D eigenvalue weighted by molar-refractivity contribution is 9.10. The number of rotatable bonds is 2. The monoisotopic (exact) mass is 252 g/mol. The van der Waals surface area contributed by atoms with Crippen LogP contribution in [0.15, 0.2) is 35.3 Å². The van der Waals surface area contributed by atoms with E-state index in [2.05, 4.69) is 34.6 Å². The largest absolute Gasteiger partial charge is 0.374 e. The zero-order valence-corrected chi connectivity index (χ0v) is 9.59. The molecule has 14 heavy (non-hydrogen) atoms. The summed E-state index contributed by atoms with van der Waals surface area (Å²) in [5.74, 6) is 0. The Labute approximate surface area is 92.9 Å². The molecule has 1 aliphatic rings. The van der Waals surface area contributed by atoms with Gasteiger partial charge in [-0.25, -0.2) is 0 Å². The predicted octanol–water partition coefficient (Wildman–Crippen LogP) is 3.64. The average Bonchev–Trinajstić information content (AvgIpc) is 2.71. The summed E-state index contributed by atoms with van der Waals surface area (Å²) in [5, 5.41) is 0. The molecule has 1 nitrogen and oxygen atoms in total. The van der Waals surface area contributed by atoms with E-state index in [1.165, 1.54) is 5.56 Å². The van der Waals surface area contributed by atoms with E-state index >= 15 is 0 Å². The second-order valence-electron chi connectivity index (χ2n) is 3.53. The molecule has 2 heteroatoms. The fraction of sp³-hybridized carbons (Fsp3) is 0.333. The summed E-state index contributed by atoms with van der Waals surface area (Å²) in [5.41, 5.74) is 2.29. The molecule has 1 atom stereocenters. The summed E-state index contributed by atoms with van der Waals surface area (Å²) in [4.78, 5) is 0. The average molecular weight is 253 g/mol. The van der Waals surface area contributed by atoms with Crippen LogP contribution < -0.4 is 0 Å². The van der Waals surface area contributed by atoms with Gasteiger partial charge in [-0.2, -0.15) is 0 Å². The van der Waals surface area contributed by atoms with Gasteiger partial charge in [0, 0.05) is 11.1 Å². The minimum Gasteiger partial charge on any atom is -0.374 e. The van der Waals surface area contributed by atoms with Crippen LogP contribution >= 0.6 is 15.9 Å². The second-order valence-corrected chi connectivity index (χ2v) is 4.45. The quantitative estimate of drug-likeness (QED) is 0.781. The van der Waals surface area contributed by atoms with Crippen LogP contribution in [-0.4, -0.2) is 12.7 Å². The molecule has 0 aromatic heterocycles. The normalized spacial score (nSPS) is 21.1. The fourth-order valence-electron chi connectivity index (χ4n) is 1.70. The molecular formula is C12H13BrO. The van der Waals surface area contributed by atoms with Gasteiger partial charge in [0.1, 0.15) is 0 Å². The SMILES string of the molecule is C=C(c1ccc(Br)cc1)[C@H]1CCCO1. The topological polar surface area (TPSA) is 9.23 Å². The molecule has 1 heterocycles. The van der Waals surface area contributed by atoms with Crippen LogP contribution in [0, 0.1) is 0 Å². The van der Waals surface area contributed by atoms with Crippen molar-refractivity contribution in [2.75, 3.05) is 6.61 Å². The van der Waals surface area contributed by atoms with Gasteiger partial charge in [0.15, 0.2) is 0 Å². The summed E-state index contributed by atoms with van der Waals surface area (Å²) >= 11 is 3.42. The molecule has 0 spiro atoms. The summed E-state index contributed by atoms with van der Waals surface area (Å²) in [7, 11) is 0. The first-order valence-corrected chi connectivity index (χ1v) is 5.63. The summed E-state index contributed by atoms with van der Waals surface area (Å²) < 4.78 is 6.69. The molecule has 1 aliphatic heterocycles. The minimum absolute atomic E-state index is 0.233. The Bertz CT molecular complexity index is 323. The minimum atomic E-state index is 0.233. The molecule has 0 N–H and O–H groups in total. The van der Waals surface area contributed by atoms with E-state index in [0.717, 1.165) is 29.5 Å². The number of hydrogen-bond acceptors (Lipinski definition) is 1. The van der Waals surface area contributed by atoms with Crippen molar-refractivity contribution in [3.05, 3.63) is 40.9 Å². The number of hydrogen-bond donors (Lipinski definition) is 0. The number of halogens is 1. The van der Waals surface area contributed by atoms with Gasteiger partial charge in [-0.3, -0.25) is 0 Å². The maximum Gasteiger partial charge on any atom is 0.0825 e. The van der Waals surface area contributed by atoms with Crippen molar-refractivity contribution in [2.24, 2.45) is 0 Å². The maximum atomic E-state index is 5.59. The van der Waals surface area contributed by atoms with Gasteiger partial charge in [-0.05, 0) is 36.1 Å². The van der Waals surface area contributed by atoms with E-state index in [1.807, 2.05) is 12.1 Å². The van der Waals surface area contributed by atoms with E-state index in [1.54, 1.807) is 0 Å². The summed E-state index contributed by atoms with van der Waals surface area (Å²) in [6.45, 7) is 4.97. The first-order chi connectivity index (χ1) is 6.77. The fourth-order valence-corrected chi connectivity index (χ4v) is 1.97. The lowest BCUT2D eigenvalue weighted by Crippen LogP contribution is -2.06. The molecule has 0 bridgehead atoms. The maximum absolute atomic E-state index is 5.59. The van der Waals surface area contributed by atoms with Crippen molar-refractivity contribution in [3.63, 3.8) is 0 Å². The van der Waals surface area contributed by atoms with Crippen molar-refractivity contribution in [3.8, 4) is 0 Å². The molecule has 1 aromatic rings. The highest BCUT2D eigenvalue weighted by atomic mass is 79.9. The van der Waals surface area contributed by atoms with Crippen molar-refractivity contribution < 1.29 is 4.74 Å². The Morgan fingerprint density at radius 1 is 1.36 bits per heavy atom. The molecule has 0 saturated carbocycles. The van der Waals surface area contributed by atoms with Crippen LogP contribution in [0.5, 0.6) is 0 Å². The number of benzene rings is 1. The molecule has 1 aromatic carbocycles. The molecule has 0 amide bonds. The van der Waals surface area contributed by atoms with Crippen molar-refractivity contribution >= 4 is 21.5 Å². The van der Waals surface area contributed by atoms with Crippen LogP contribution in [0.2, 0.25) is 0 Å². The Morgan fingerprint density at radius 2 is 2.07 bits per heavy atom. The lowest BCUT2D eigenvalue weighted by Gasteiger charge is -2.12. The summed E-state index contributed by atoms with van der Waals surface area (Å²) in [6, 6.07) is 8.23. The van der Waals surface area contributed by atoms with E-state index in [0.29, 0.717) is 0 Å². The first-order valence-electron chi connectivity index (χ1n) is 4.84. The second kappa shape index (κ2) is 4.28. The van der Waals surface area contributed by atoms with Gasteiger partial charge in [-0.1, -0.05) is 34.6 Å². The zero-order valence-electron chi connectivity index (χ0n) is 8.00. The van der Waals surface area contributed by atoms with Crippen LogP contribution in [0.4, 0.5) is 0 Å². The Morgan fingerprint density at radius 3 is 2.64 bits per heavy atom. The third-order valence-corrected chi connectivity index (χ3v) is 3.06. The van der Waals surface area contributed by atoms with Crippen molar-refractivity contribution in [1.82, 2.24) is 0 Å². The molecule has 2 rings (SSSR count). The van der Waals surface area contributed by atoms with Gasteiger partial charge < -0.3 is 4.74 Å². The van der Waals surface area contributed by atoms with E-state index in [-0.39, 0.29) is 6.10 Å². The lowest BCUT2D eigenvalue weighted by molar-refractivity contribution is 0.152. The highest BCUT2D eigenvalue weighted by Gasteiger charge is 2.19. The van der Waals surface area contributed by atoms with E-state index < -0.39 is 0 Å². The molecule has 74 valence electrons. The molecular weight excluding hydrogens is 240 g/mol. The van der Waals surface area contributed by atoms with Crippen LogP contribution in [-0.2, 0) is 4.74 Å². The first kappa shape index (κ1) is 9.94. The number of ether oxygens (including phenoxy) is 1.